The molecular formula is C15H21N5S2. The Hall–Kier alpha value is -1.60. The maximum Gasteiger partial charge on any atom is 0.191 e. The van der Waals surface area contributed by atoms with Crippen molar-refractivity contribution in [1.82, 2.24) is 20.6 Å². The Morgan fingerprint density at radius 1 is 1.27 bits per heavy atom. The third kappa shape index (κ3) is 6.44. The van der Waals surface area contributed by atoms with Crippen LogP contribution in [0.15, 0.2) is 45.3 Å². The number of thioether (sulfide) groups is 1. The number of hydrogen-bond donors (Lipinski definition) is 2. The number of aliphatic imine (C=N–C) groups is 1. The fourth-order valence-electron chi connectivity index (χ4n) is 1.71. The minimum absolute atomic E-state index is 0.587. The number of thiazole rings is 1. The fourth-order valence-corrected chi connectivity index (χ4v) is 3.36. The molecule has 5 nitrogen and oxygen atoms in total. The number of nitrogens with one attached hydrogen (secondary N) is 2. The Kier molecular flexibility index (Phi) is 7.76. The van der Waals surface area contributed by atoms with Gasteiger partial charge >= 0.3 is 0 Å². The molecule has 2 aromatic rings. The van der Waals surface area contributed by atoms with Crippen LogP contribution in [0.1, 0.15) is 19.0 Å². The van der Waals surface area contributed by atoms with Crippen molar-refractivity contribution in [2.24, 2.45) is 4.99 Å². The fraction of sp³-hybridized carbons (Fsp3) is 0.400. The van der Waals surface area contributed by atoms with Gasteiger partial charge in [0.1, 0.15) is 4.34 Å². The van der Waals surface area contributed by atoms with Crippen LogP contribution in [0, 0.1) is 0 Å². The quantitative estimate of drug-likeness (QED) is 0.336. The van der Waals surface area contributed by atoms with E-state index >= 15 is 0 Å². The molecule has 2 rings (SSSR count). The van der Waals surface area contributed by atoms with E-state index < -0.39 is 0 Å². The maximum atomic E-state index is 4.55. The molecule has 7 heteroatoms. The molecule has 0 saturated carbocycles. The van der Waals surface area contributed by atoms with Crippen LogP contribution < -0.4 is 10.6 Å². The van der Waals surface area contributed by atoms with E-state index in [-0.39, 0.29) is 0 Å². The van der Waals surface area contributed by atoms with Gasteiger partial charge in [0, 0.05) is 36.6 Å². The lowest BCUT2D eigenvalue weighted by atomic mass is 10.3. The maximum absolute atomic E-state index is 4.55. The van der Waals surface area contributed by atoms with Crippen molar-refractivity contribution in [3.8, 4) is 0 Å². The van der Waals surface area contributed by atoms with Gasteiger partial charge in [-0.2, -0.15) is 0 Å². The van der Waals surface area contributed by atoms with Gasteiger partial charge in [-0.1, -0.05) is 17.8 Å². The topological polar surface area (TPSA) is 62.2 Å². The van der Waals surface area contributed by atoms with Crippen LogP contribution in [0.2, 0.25) is 0 Å². The molecule has 0 amide bonds. The molecule has 0 unspecified atom stereocenters. The van der Waals surface area contributed by atoms with E-state index in [4.69, 9.17) is 0 Å². The Morgan fingerprint density at radius 3 is 2.95 bits per heavy atom. The standard InChI is InChI=1S/C15H21N5S2/c1-2-16-14(20-12-13-6-3-4-7-17-13)18-8-5-10-21-15-19-9-11-22-15/h3-4,6-7,9,11H,2,5,8,10,12H2,1H3,(H2,16,18,20). The highest BCUT2D eigenvalue weighted by Gasteiger charge is 1.99. The third-order valence-electron chi connectivity index (χ3n) is 2.72. The van der Waals surface area contributed by atoms with Crippen molar-refractivity contribution >= 4 is 29.1 Å². The van der Waals surface area contributed by atoms with Crippen LogP contribution in [-0.2, 0) is 6.54 Å². The summed E-state index contributed by atoms with van der Waals surface area (Å²) < 4.78 is 1.13. The van der Waals surface area contributed by atoms with Gasteiger partial charge in [-0.25, -0.2) is 9.98 Å². The third-order valence-corrected chi connectivity index (χ3v) is 4.77. The van der Waals surface area contributed by atoms with Crippen molar-refractivity contribution in [2.45, 2.75) is 24.2 Å². The molecule has 0 bridgehead atoms. The van der Waals surface area contributed by atoms with Crippen LogP contribution in [0.3, 0.4) is 0 Å². The molecule has 0 aliphatic heterocycles. The van der Waals surface area contributed by atoms with Gasteiger partial charge in [0.25, 0.3) is 0 Å². The molecule has 2 aromatic heterocycles. The summed E-state index contributed by atoms with van der Waals surface area (Å²) in [5.74, 6) is 1.90. The van der Waals surface area contributed by atoms with Crippen LogP contribution in [0.25, 0.3) is 0 Å². The first-order valence-corrected chi connectivity index (χ1v) is 9.19. The first-order valence-electron chi connectivity index (χ1n) is 7.33. The molecule has 0 saturated heterocycles. The predicted octanol–water partition coefficient (Wildman–Crippen LogP) is 2.78. The van der Waals surface area contributed by atoms with Gasteiger partial charge in [-0.15, -0.1) is 11.3 Å². The Morgan fingerprint density at radius 2 is 2.23 bits per heavy atom. The van der Waals surface area contributed by atoms with Crippen molar-refractivity contribution < 1.29 is 0 Å². The predicted molar refractivity (Wildman–Crippen MR) is 94.5 cm³/mol. The number of rotatable bonds is 8. The highest BCUT2D eigenvalue weighted by Crippen LogP contribution is 2.20. The van der Waals surface area contributed by atoms with E-state index in [1.165, 1.54) is 0 Å². The Bertz CT molecular complexity index is 542. The van der Waals surface area contributed by atoms with E-state index in [0.717, 1.165) is 41.3 Å². The van der Waals surface area contributed by atoms with E-state index in [9.17, 15) is 0 Å². The van der Waals surface area contributed by atoms with Crippen molar-refractivity contribution in [3.05, 3.63) is 41.7 Å². The lowest BCUT2D eigenvalue weighted by molar-refractivity contribution is 0.787. The molecule has 0 fully saturated rings. The molecule has 0 radical (unpaired) electrons. The Labute approximate surface area is 139 Å². The molecule has 0 spiro atoms. The summed E-state index contributed by atoms with van der Waals surface area (Å²) in [6.07, 6.45) is 4.71. The monoisotopic (exact) mass is 335 g/mol. The average Bonchev–Trinajstić information content (AvgIpc) is 3.06. The summed E-state index contributed by atoms with van der Waals surface area (Å²) in [5.41, 5.74) is 0.971. The zero-order chi connectivity index (χ0) is 15.5. The smallest absolute Gasteiger partial charge is 0.191 e. The van der Waals surface area contributed by atoms with Gasteiger partial charge in [-0.3, -0.25) is 4.98 Å². The number of pyridine rings is 1. The molecule has 0 aromatic carbocycles. The van der Waals surface area contributed by atoms with Gasteiger partial charge in [0.05, 0.1) is 12.2 Å². The van der Waals surface area contributed by atoms with Crippen LogP contribution >= 0.6 is 23.1 Å². The lowest BCUT2D eigenvalue weighted by Gasteiger charge is -2.10. The van der Waals surface area contributed by atoms with Gasteiger partial charge in [-0.05, 0) is 25.5 Å². The summed E-state index contributed by atoms with van der Waals surface area (Å²) in [7, 11) is 0. The zero-order valence-corrected chi connectivity index (χ0v) is 14.3. The van der Waals surface area contributed by atoms with E-state index in [0.29, 0.717) is 6.54 Å². The first kappa shape index (κ1) is 16.8. The van der Waals surface area contributed by atoms with Crippen molar-refractivity contribution in [1.29, 1.82) is 0 Å². The molecular weight excluding hydrogens is 314 g/mol. The number of guanidine groups is 1. The molecule has 0 atom stereocenters. The van der Waals surface area contributed by atoms with Gasteiger partial charge in [0.15, 0.2) is 5.96 Å². The second-order valence-electron chi connectivity index (χ2n) is 4.44. The zero-order valence-electron chi connectivity index (χ0n) is 12.7. The molecule has 2 heterocycles. The molecule has 0 aliphatic carbocycles. The number of hydrogen-bond acceptors (Lipinski definition) is 5. The summed E-state index contributed by atoms with van der Waals surface area (Å²) in [5, 5.41) is 8.61. The Balaban J connectivity index is 1.69. The summed E-state index contributed by atoms with van der Waals surface area (Å²) >= 11 is 3.49. The largest absolute Gasteiger partial charge is 0.357 e. The molecule has 118 valence electrons. The minimum Gasteiger partial charge on any atom is -0.357 e. The van der Waals surface area contributed by atoms with Crippen LogP contribution in [-0.4, -0.2) is 34.8 Å². The van der Waals surface area contributed by atoms with E-state index in [2.05, 4.69) is 32.5 Å². The van der Waals surface area contributed by atoms with Crippen LogP contribution in [0.4, 0.5) is 0 Å². The summed E-state index contributed by atoms with van der Waals surface area (Å²) in [6.45, 7) is 4.40. The first-order chi connectivity index (χ1) is 10.9. The second kappa shape index (κ2) is 10.2. The average molecular weight is 336 g/mol. The highest BCUT2D eigenvalue weighted by molar-refractivity contribution is 8.00. The van der Waals surface area contributed by atoms with E-state index in [1.807, 2.05) is 29.8 Å². The van der Waals surface area contributed by atoms with Gasteiger partial charge in [0.2, 0.25) is 0 Å². The van der Waals surface area contributed by atoms with Gasteiger partial charge < -0.3 is 10.6 Å². The van der Waals surface area contributed by atoms with E-state index in [1.54, 1.807) is 29.3 Å². The van der Waals surface area contributed by atoms with Crippen molar-refractivity contribution in [3.63, 3.8) is 0 Å². The summed E-state index contributed by atoms with van der Waals surface area (Å²) in [4.78, 5) is 13.1. The second-order valence-corrected chi connectivity index (χ2v) is 6.68. The molecule has 0 aliphatic rings. The molecule has 2 N–H and O–H groups in total. The summed E-state index contributed by atoms with van der Waals surface area (Å²) in [6, 6.07) is 5.88. The minimum atomic E-state index is 0.587. The SMILES string of the molecule is CCNC(=NCc1ccccn1)NCCCSc1nccs1. The number of aromatic nitrogens is 2. The number of nitrogens with zero attached hydrogens (tertiary/aromatic N) is 3. The molecule has 22 heavy (non-hydrogen) atoms. The highest BCUT2D eigenvalue weighted by atomic mass is 32.2. The normalized spacial score (nSPS) is 11.4. The van der Waals surface area contributed by atoms with Crippen LogP contribution in [0.5, 0.6) is 0 Å². The van der Waals surface area contributed by atoms with Crippen molar-refractivity contribution in [2.75, 3.05) is 18.8 Å². The lowest BCUT2D eigenvalue weighted by Crippen LogP contribution is -2.37.